The van der Waals surface area contributed by atoms with E-state index in [1.807, 2.05) is 0 Å². The van der Waals surface area contributed by atoms with E-state index in [0.717, 1.165) is 0 Å². The minimum atomic E-state index is -4.46. The first kappa shape index (κ1) is 12.1. The zero-order valence-corrected chi connectivity index (χ0v) is 9.20. The fourth-order valence-electron chi connectivity index (χ4n) is 0.909. The third-order valence-electron chi connectivity index (χ3n) is 1.62. The number of aromatic nitrogens is 1. The van der Waals surface area contributed by atoms with Gasteiger partial charge in [0.2, 0.25) is 0 Å². The first-order valence-corrected chi connectivity index (χ1v) is 4.68. The number of alkyl halides is 3. The van der Waals surface area contributed by atoms with Gasteiger partial charge in [0, 0.05) is 16.2 Å². The van der Waals surface area contributed by atoms with E-state index in [-0.39, 0.29) is 5.75 Å². The van der Waals surface area contributed by atoms with E-state index in [4.69, 9.17) is 0 Å². The normalized spacial score (nSPS) is 11.5. The highest BCUT2D eigenvalue weighted by molar-refractivity contribution is 9.10. The molecule has 0 unspecified atom stereocenters. The lowest BCUT2D eigenvalue weighted by molar-refractivity contribution is -0.153. The first-order valence-electron chi connectivity index (χ1n) is 3.88. The largest absolute Gasteiger partial charge is 0.478 e. The van der Waals surface area contributed by atoms with Crippen LogP contribution in [0.2, 0.25) is 0 Å². The number of halogens is 4. The number of hydrogen-bond donors (Lipinski definition) is 1. The van der Waals surface area contributed by atoms with E-state index in [0.29, 0.717) is 10.0 Å². The van der Waals surface area contributed by atoms with Gasteiger partial charge in [-0.3, -0.25) is 4.79 Å². The van der Waals surface area contributed by atoms with Gasteiger partial charge in [0.05, 0.1) is 0 Å². The molecule has 1 aromatic rings. The summed E-state index contributed by atoms with van der Waals surface area (Å²) in [6.45, 7) is 0.0123. The maximum atomic E-state index is 11.9. The van der Waals surface area contributed by atoms with Crippen molar-refractivity contribution in [1.82, 2.24) is 4.98 Å². The van der Waals surface area contributed by atoms with Gasteiger partial charge < -0.3 is 9.72 Å². The molecular weight excluding hydrogens is 279 g/mol. The fraction of sp³-hybridized carbons (Fsp3) is 0.375. The van der Waals surface area contributed by atoms with Crippen LogP contribution in [0.1, 0.15) is 5.56 Å². The number of ether oxygens (including phenoxy) is 1. The molecule has 0 saturated heterocycles. The first-order chi connectivity index (χ1) is 6.81. The summed E-state index contributed by atoms with van der Waals surface area (Å²) in [4.78, 5) is 13.4. The molecular formula is C8H7BrF3NO2. The fourth-order valence-corrected chi connectivity index (χ4v) is 1.20. The molecule has 0 aliphatic carbocycles. The monoisotopic (exact) mass is 285 g/mol. The summed E-state index contributed by atoms with van der Waals surface area (Å²) < 4.78 is 40.5. The second kappa shape index (κ2) is 4.26. The third kappa shape index (κ3) is 3.26. The average molecular weight is 286 g/mol. The molecule has 15 heavy (non-hydrogen) atoms. The highest BCUT2D eigenvalue weighted by Crippen LogP contribution is 2.23. The summed E-state index contributed by atoms with van der Waals surface area (Å²) >= 11 is 3.07. The van der Waals surface area contributed by atoms with Gasteiger partial charge in [0.25, 0.3) is 5.56 Å². The number of nitrogens with one attached hydrogen (secondary N) is 1. The molecule has 0 radical (unpaired) electrons. The molecule has 0 bridgehead atoms. The van der Waals surface area contributed by atoms with E-state index < -0.39 is 18.3 Å². The van der Waals surface area contributed by atoms with Crippen molar-refractivity contribution in [1.29, 1.82) is 0 Å². The summed E-state index contributed by atoms with van der Waals surface area (Å²) in [6.07, 6.45) is -3.11. The van der Waals surface area contributed by atoms with E-state index >= 15 is 0 Å². The lowest BCUT2D eigenvalue weighted by Gasteiger charge is -2.10. The summed E-state index contributed by atoms with van der Waals surface area (Å²) in [5, 5.41) is 0. The van der Waals surface area contributed by atoms with Gasteiger partial charge in [-0.05, 0) is 22.9 Å². The van der Waals surface area contributed by atoms with Crippen LogP contribution >= 0.6 is 15.9 Å². The van der Waals surface area contributed by atoms with Gasteiger partial charge in [-0.25, -0.2) is 0 Å². The van der Waals surface area contributed by atoms with Crippen molar-refractivity contribution in [3.05, 3.63) is 26.6 Å². The van der Waals surface area contributed by atoms with Crippen LogP contribution < -0.4 is 10.3 Å². The van der Waals surface area contributed by atoms with E-state index in [1.54, 1.807) is 0 Å². The van der Waals surface area contributed by atoms with Crippen LogP contribution in [-0.2, 0) is 0 Å². The Labute approximate surface area is 91.4 Å². The van der Waals surface area contributed by atoms with E-state index in [9.17, 15) is 18.0 Å². The maximum absolute atomic E-state index is 11.9. The van der Waals surface area contributed by atoms with Crippen LogP contribution in [0.4, 0.5) is 13.2 Å². The number of rotatable bonds is 2. The third-order valence-corrected chi connectivity index (χ3v) is 2.44. The van der Waals surface area contributed by atoms with Crippen molar-refractivity contribution >= 4 is 15.9 Å². The van der Waals surface area contributed by atoms with Gasteiger partial charge in [-0.1, -0.05) is 0 Å². The van der Waals surface area contributed by atoms with Crippen LogP contribution in [0.5, 0.6) is 5.75 Å². The van der Waals surface area contributed by atoms with E-state index in [2.05, 4.69) is 25.7 Å². The standard InChI is InChI=1S/C8H7BrF3NO2/c1-4-5(9)2-13-7(14)6(4)15-3-8(10,11)12/h2H,3H2,1H3,(H,13,14). The summed E-state index contributed by atoms with van der Waals surface area (Å²) in [5.41, 5.74) is -0.344. The Hall–Kier alpha value is -0.980. The minimum Gasteiger partial charge on any atom is -0.478 e. The van der Waals surface area contributed by atoms with Crippen LogP contribution in [-0.4, -0.2) is 17.8 Å². The van der Waals surface area contributed by atoms with Crippen LogP contribution in [0, 0.1) is 6.92 Å². The number of hydrogen-bond acceptors (Lipinski definition) is 2. The maximum Gasteiger partial charge on any atom is 0.422 e. The molecule has 0 amide bonds. The molecule has 1 rings (SSSR count). The molecule has 1 heterocycles. The van der Waals surface area contributed by atoms with Crippen molar-refractivity contribution in [3.8, 4) is 5.75 Å². The number of aromatic amines is 1. The summed E-state index contributed by atoms with van der Waals surface area (Å²) in [6, 6.07) is 0. The molecule has 1 aromatic heterocycles. The van der Waals surface area contributed by atoms with Crippen molar-refractivity contribution in [2.24, 2.45) is 0 Å². The Kier molecular flexibility index (Phi) is 3.43. The lowest BCUT2D eigenvalue weighted by atomic mass is 10.3. The lowest BCUT2D eigenvalue weighted by Crippen LogP contribution is -2.23. The zero-order chi connectivity index (χ0) is 11.6. The van der Waals surface area contributed by atoms with E-state index in [1.165, 1.54) is 13.1 Å². The van der Waals surface area contributed by atoms with Gasteiger partial charge in [0.1, 0.15) is 0 Å². The summed E-state index contributed by atoms with van der Waals surface area (Å²) in [7, 11) is 0. The van der Waals surface area contributed by atoms with Crippen LogP contribution in [0.15, 0.2) is 15.5 Å². The Balaban J connectivity index is 2.95. The highest BCUT2D eigenvalue weighted by atomic mass is 79.9. The molecule has 0 spiro atoms. The summed E-state index contributed by atoms with van der Waals surface area (Å²) in [5.74, 6) is -0.318. The molecule has 0 saturated carbocycles. The zero-order valence-electron chi connectivity index (χ0n) is 7.61. The smallest absolute Gasteiger partial charge is 0.422 e. The minimum absolute atomic E-state index is 0.318. The molecule has 0 aliphatic rings. The predicted octanol–water partition coefficient (Wildman–Crippen LogP) is 2.39. The van der Waals surface area contributed by atoms with Gasteiger partial charge in [0.15, 0.2) is 12.4 Å². The Morgan fingerprint density at radius 3 is 2.67 bits per heavy atom. The van der Waals surface area contributed by atoms with Crippen molar-refractivity contribution in [3.63, 3.8) is 0 Å². The Bertz CT molecular complexity index is 413. The average Bonchev–Trinajstić information content (AvgIpc) is 2.10. The van der Waals surface area contributed by atoms with Crippen LogP contribution in [0.25, 0.3) is 0 Å². The molecule has 0 atom stereocenters. The second-order valence-electron chi connectivity index (χ2n) is 2.82. The Morgan fingerprint density at radius 2 is 2.13 bits per heavy atom. The molecule has 3 nitrogen and oxygen atoms in total. The number of pyridine rings is 1. The second-order valence-corrected chi connectivity index (χ2v) is 3.68. The van der Waals surface area contributed by atoms with Crippen molar-refractivity contribution in [2.75, 3.05) is 6.61 Å². The van der Waals surface area contributed by atoms with Crippen LogP contribution in [0.3, 0.4) is 0 Å². The van der Waals surface area contributed by atoms with Crippen molar-refractivity contribution in [2.45, 2.75) is 13.1 Å². The molecule has 0 fully saturated rings. The number of H-pyrrole nitrogens is 1. The topological polar surface area (TPSA) is 42.1 Å². The highest BCUT2D eigenvalue weighted by Gasteiger charge is 2.29. The Morgan fingerprint density at radius 1 is 1.53 bits per heavy atom. The van der Waals surface area contributed by atoms with Gasteiger partial charge in [-0.2, -0.15) is 13.2 Å². The van der Waals surface area contributed by atoms with Crippen molar-refractivity contribution < 1.29 is 17.9 Å². The molecule has 7 heteroatoms. The quantitative estimate of drug-likeness (QED) is 0.907. The predicted molar refractivity (Wildman–Crippen MR) is 51.0 cm³/mol. The molecule has 84 valence electrons. The SMILES string of the molecule is Cc1c(Br)c[nH]c(=O)c1OCC(F)(F)F. The van der Waals surface area contributed by atoms with Gasteiger partial charge >= 0.3 is 6.18 Å². The molecule has 1 N–H and O–H groups in total. The van der Waals surface area contributed by atoms with Gasteiger partial charge in [-0.15, -0.1) is 0 Å². The molecule has 0 aliphatic heterocycles. The molecule has 0 aromatic carbocycles.